The number of isothiocyanates is 1. The lowest BCUT2D eigenvalue weighted by atomic mass is 9.69. The first-order valence-electron chi connectivity index (χ1n) is 15.1. The highest BCUT2D eigenvalue weighted by Gasteiger charge is 2.29. The second-order valence-electron chi connectivity index (χ2n) is 11.6. The standard InChI is InChI=1S/C34H47NS/c36-27-35-33-24-21-30(22-25-33)20-17-28-15-18-29(19-16-28)23-26-34(31-11-7-3-1-4-8-12-31)32-13-9-5-2-6-10-14-32/h15-16,18-19,21-22,24-25,31-32,34H,1-14,17,20,23,26H2. The molecule has 2 heteroatoms. The van der Waals surface area contributed by atoms with Crippen molar-refractivity contribution in [3.05, 3.63) is 65.2 Å². The Labute approximate surface area is 226 Å². The molecule has 2 saturated carbocycles. The highest BCUT2D eigenvalue weighted by molar-refractivity contribution is 7.78. The minimum absolute atomic E-state index is 0.884. The van der Waals surface area contributed by atoms with Crippen molar-refractivity contribution in [1.82, 2.24) is 0 Å². The normalized spacial score (nSPS) is 18.6. The van der Waals surface area contributed by atoms with E-state index in [0.717, 1.165) is 36.3 Å². The first kappa shape index (κ1) is 27.3. The SMILES string of the molecule is S=C=Nc1ccc(CCc2ccc(CCC(C3CCCCCCC3)C3CCCCCCC3)cc2)cc1. The van der Waals surface area contributed by atoms with E-state index in [2.05, 4.69) is 46.6 Å². The maximum atomic E-state index is 4.70. The van der Waals surface area contributed by atoms with Crippen LogP contribution in [0.5, 0.6) is 0 Å². The fourth-order valence-electron chi connectivity index (χ4n) is 6.97. The van der Waals surface area contributed by atoms with Crippen molar-refractivity contribution >= 4 is 23.1 Å². The predicted octanol–water partition coefficient (Wildman–Crippen LogP) is 10.5. The summed E-state index contributed by atoms with van der Waals surface area (Å²) >= 11 is 4.70. The quantitative estimate of drug-likeness (QED) is 0.246. The number of aryl methyl sites for hydroxylation is 3. The molecule has 2 fully saturated rings. The summed E-state index contributed by atoms with van der Waals surface area (Å²) in [6.45, 7) is 0. The van der Waals surface area contributed by atoms with Crippen molar-refractivity contribution < 1.29 is 0 Å². The molecule has 0 aromatic heterocycles. The smallest absolute Gasteiger partial charge is 0.0739 e. The van der Waals surface area contributed by atoms with Crippen LogP contribution in [-0.2, 0) is 19.3 Å². The maximum Gasteiger partial charge on any atom is 0.0739 e. The van der Waals surface area contributed by atoms with E-state index in [1.807, 2.05) is 12.1 Å². The molecule has 2 aromatic rings. The zero-order valence-corrected chi connectivity index (χ0v) is 23.3. The summed E-state index contributed by atoms with van der Waals surface area (Å²) in [5, 5.41) is 2.44. The molecule has 0 bridgehead atoms. The van der Waals surface area contributed by atoms with Crippen LogP contribution < -0.4 is 0 Å². The van der Waals surface area contributed by atoms with Crippen molar-refractivity contribution in [2.75, 3.05) is 0 Å². The van der Waals surface area contributed by atoms with Gasteiger partial charge in [-0.1, -0.05) is 126 Å². The van der Waals surface area contributed by atoms with Gasteiger partial charge in [0.25, 0.3) is 0 Å². The van der Waals surface area contributed by atoms with E-state index >= 15 is 0 Å². The summed E-state index contributed by atoms with van der Waals surface area (Å²) in [6.07, 6.45) is 25.6. The van der Waals surface area contributed by atoms with E-state index in [1.165, 1.54) is 114 Å². The number of rotatable bonds is 9. The third-order valence-electron chi connectivity index (χ3n) is 9.11. The molecule has 2 aliphatic carbocycles. The van der Waals surface area contributed by atoms with Crippen molar-refractivity contribution in [1.29, 1.82) is 0 Å². The van der Waals surface area contributed by atoms with Gasteiger partial charge in [0.1, 0.15) is 0 Å². The number of hydrogen-bond acceptors (Lipinski definition) is 2. The molecule has 0 amide bonds. The lowest BCUT2D eigenvalue weighted by molar-refractivity contribution is 0.151. The summed E-state index contributed by atoms with van der Waals surface area (Å²) < 4.78 is 0. The van der Waals surface area contributed by atoms with E-state index in [0.29, 0.717) is 0 Å². The van der Waals surface area contributed by atoms with Crippen LogP contribution in [0.2, 0.25) is 0 Å². The van der Waals surface area contributed by atoms with Crippen LogP contribution in [-0.4, -0.2) is 5.16 Å². The fraction of sp³-hybridized carbons (Fsp3) is 0.618. The Kier molecular flexibility index (Phi) is 11.7. The maximum absolute atomic E-state index is 4.70. The van der Waals surface area contributed by atoms with Crippen molar-refractivity contribution in [2.24, 2.45) is 22.7 Å². The number of thiocarbonyl (C=S) groups is 1. The average molecular weight is 502 g/mol. The summed E-state index contributed by atoms with van der Waals surface area (Å²) in [5.74, 6) is 2.91. The average Bonchev–Trinajstić information content (AvgIpc) is 2.86. The predicted molar refractivity (Wildman–Crippen MR) is 158 cm³/mol. The van der Waals surface area contributed by atoms with E-state index < -0.39 is 0 Å². The van der Waals surface area contributed by atoms with Crippen molar-refractivity contribution in [3.8, 4) is 0 Å². The van der Waals surface area contributed by atoms with Crippen LogP contribution in [0, 0.1) is 17.8 Å². The second kappa shape index (κ2) is 15.5. The molecule has 2 aromatic carbocycles. The van der Waals surface area contributed by atoms with Crippen LogP contribution in [0.4, 0.5) is 5.69 Å². The zero-order chi connectivity index (χ0) is 24.8. The highest BCUT2D eigenvalue weighted by atomic mass is 32.1. The molecular weight excluding hydrogens is 454 g/mol. The number of aliphatic imine (C=N–C) groups is 1. The first-order valence-corrected chi connectivity index (χ1v) is 15.5. The lowest BCUT2D eigenvalue weighted by Gasteiger charge is -2.36. The van der Waals surface area contributed by atoms with Gasteiger partial charge in [0.05, 0.1) is 10.8 Å². The Morgan fingerprint density at radius 2 is 0.972 bits per heavy atom. The van der Waals surface area contributed by atoms with Gasteiger partial charge >= 0.3 is 0 Å². The van der Waals surface area contributed by atoms with E-state index in [1.54, 1.807) is 5.56 Å². The summed E-state index contributed by atoms with van der Waals surface area (Å²) in [6, 6.07) is 18.0. The molecule has 0 aliphatic heterocycles. The van der Waals surface area contributed by atoms with Gasteiger partial charge in [-0.2, -0.15) is 4.99 Å². The van der Waals surface area contributed by atoms with Gasteiger partial charge in [-0.05, 0) is 84.5 Å². The highest BCUT2D eigenvalue weighted by Crippen LogP contribution is 2.40. The van der Waals surface area contributed by atoms with Crippen molar-refractivity contribution in [3.63, 3.8) is 0 Å². The molecule has 36 heavy (non-hydrogen) atoms. The Morgan fingerprint density at radius 1 is 0.583 bits per heavy atom. The van der Waals surface area contributed by atoms with Crippen molar-refractivity contribution in [2.45, 2.75) is 116 Å². The Bertz CT molecular complexity index is 887. The van der Waals surface area contributed by atoms with E-state index in [4.69, 9.17) is 12.2 Å². The van der Waals surface area contributed by atoms with Gasteiger partial charge in [-0.15, -0.1) is 0 Å². The van der Waals surface area contributed by atoms with Gasteiger partial charge in [0.2, 0.25) is 0 Å². The summed E-state index contributed by atoms with van der Waals surface area (Å²) in [5.41, 5.74) is 5.22. The number of benzene rings is 2. The van der Waals surface area contributed by atoms with Crippen LogP contribution in [0.1, 0.15) is 113 Å². The van der Waals surface area contributed by atoms with Gasteiger partial charge in [-0.25, -0.2) is 0 Å². The largest absolute Gasteiger partial charge is 0.195 e. The van der Waals surface area contributed by atoms with Gasteiger partial charge < -0.3 is 0 Å². The molecule has 0 radical (unpaired) electrons. The molecule has 0 heterocycles. The van der Waals surface area contributed by atoms with Crippen LogP contribution >= 0.6 is 12.2 Å². The third kappa shape index (κ3) is 8.97. The molecular formula is C34H47NS. The van der Waals surface area contributed by atoms with Gasteiger partial charge in [0.15, 0.2) is 0 Å². The van der Waals surface area contributed by atoms with E-state index in [9.17, 15) is 0 Å². The number of hydrogen-bond donors (Lipinski definition) is 0. The lowest BCUT2D eigenvalue weighted by Crippen LogP contribution is -2.26. The van der Waals surface area contributed by atoms with Gasteiger partial charge in [-0.3, -0.25) is 0 Å². The second-order valence-corrected chi connectivity index (χ2v) is 11.8. The Balaban J connectivity index is 1.33. The molecule has 194 valence electrons. The summed E-state index contributed by atoms with van der Waals surface area (Å²) in [7, 11) is 0. The number of nitrogens with zero attached hydrogens (tertiary/aromatic N) is 1. The molecule has 2 aliphatic rings. The molecule has 0 atom stereocenters. The Morgan fingerprint density at radius 3 is 1.42 bits per heavy atom. The first-order chi connectivity index (χ1) is 17.8. The molecule has 0 spiro atoms. The molecule has 0 unspecified atom stereocenters. The fourth-order valence-corrected chi connectivity index (χ4v) is 7.08. The zero-order valence-electron chi connectivity index (χ0n) is 22.4. The third-order valence-corrected chi connectivity index (χ3v) is 9.20. The Hall–Kier alpha value is -1.76. The van der Waals surface area contributed by atoms with E-state index in [-0.39, 0.29) is 0 Å². The van der Waals surface area contributed by atoms with Crippen LogP contribution in [0.3, 0.4) is 0 Å². The summed E-state index contributed by atoms with van der Waals surface area (Å²) in [4.78, 5) is 4.05. The topological polar surface area (TPSA) is 12.4 Å². The monoisotopic (exact) mass is 501 g/mol. The molecule has 1 nitrogen and oxygen atoms in total. The minimum atomic E-state index is 0.884. The molecule has 4 rings (SSSR count). The molecule has 0 N–H and O–H groups in total. The molecule has 0 saturated heterocycles. The van der Waals surface area contributed by atoms with Crippen LogP contribution in [0.15, 0.2) is 53.5 Å². The minimum Gasteiger partial charge on any atom is -0.195 e. The van der Waals surface area contributed by atoms with Gasteiger partial charge in [0, 0.05) is 0 Å². The van der Waals surface area contributed by atoms with Crippen LogP contribution in [0.25, 0.3) is 0 Å².